The predicted molar refractivity (Wildman–Crippen MR) is 94.2 cm³/mol. The van der Waals surface area contributed by atoms with Crippen molar-refractivity contribution in [3.8, 4) is 5.75 Å². The summed E-state index contributed by atoms with van der Waals surface area (Å²) in [6.07, 6.45) is 0. The molecule has 0 aromatic heterocycles. The van der Waals surface area contributed by atoms with E-state index in [4.69, 9.17) is 16.3 Å². The van der Waals surface area contributed by atoms with Gasteiger partial charge in [0.2, 0.25) is 5.91 Å². The van der Waals surface area contributed by atoms with Crippen LogP contribution in [0, 0.1) is 0 Å². The van der Waals surface area contributed by atoms with Gasteiger partial charge in [0, 0.05) is 29.9 Å². The average Bonchev–Trinajstić information content (AvgIpc) is 2.55. The van der Waals surface area contributed by atoms with Gasteiger partial charge in [-0.15, -0.1) is 0 Å². The number of likely N-dealkylation sites (N-methyl/N-ethyl adjacent to an activating group) is 2. The zero-order valence-electron chi connectivity index (χ0n) is 13.6. The molecule has 122 valence electrons. The van der Waals surface area contributed by atoms with Crippen LogP contribution in [0.5, 0.6) is 5.75 Å². The average molecular weight is 333 g/mol. The van der Waals surface area contributed by atoms with Gasteiger partial charge >= 0.3 is 0 Å². The van der Waals surface area contributed by atoms with E-state index in [0.29, 0.717) is 18.1 Å². The van der Waals surface area contributed by atoms with Crippen LogP contribution >= 0.6 is 11.6 Å². The van der Waals surface area contributed by atoms with Crippen molar-refractivity contribution >= 4 is 23.2 Å². The lowest BCUT2D eigenvalue weighted by Gasteiger charge is -2.22. The Bertz CT molecular complexity index is 661. The summed E-state index contributed by atoms with van der Waals surface area (Å²) >= 11 is 6.04. The minimum absolute atomic E-state index is 0.0275. The highest BCUT2D eigenvalue weighted by Gasteiger charge is 2.15. The van der Waals surface area contributed by atoms with E-state index in [-0.39, 0.29) is 5.91 Å². The second kappa shape index (κ2) is 7.99. The van der Waals surface area contributed by atoms with E-state index >= 15 is 0 Å². The molecule has 23 heavy (non-hydrogen) atoms. The van der Waals surface area contributed by atoms with Gasteiger partial charge in [0.05, 0.1) is 13.7 Å². The standard InChI is InChI=1S/C18H21ClN2O2/c1-20(12-14-11-15(19)9-10-17(14)23-3)13-18(22)21(2)16-7-5-4-6-8-16/h4-11H,12-13H2,1-3H3. The first-order valence-corrected chi connectivity index (χ1v) is 7.71. The third-order valence-corrected chi connectivity index (χ3v) is 3.84. The Labute approximate surface area is 142 Å². The fourth-order valence-corrected chi connectivity index (χ4v) is 2.54. The van der Waals surface area contributed by atoms with E-state index < -0.39 is 0 Å². The molecule has 1 amide bonds. The lowest BCUT2D eigenvalue weighted by molar-refractivity contribution is -0.119. The maximum absolute atomic E-state index is 12.4. The molecule has 0 aliphatic carbocycles. The van der Waals surface area contributed by atoms with Crippen molar-refractivity contribution in [2.45, 2.75) is 6.54 Å². The first kappa shape index (κ1) is 17.3. The molecule has 2 aromatic carbocycles. The molecule has 0 aliphatic rings. The van der Waals surface area contributed by atoms with Crippen molar-refractivity contribution in [2.24, 2.45) is 0 Å². The van der Waals surface area contributed by atoms with Gasteiger partial charge < -0.3 is 9.64 Å². The number of amides is 1. The molecule has 0 fully saturated rings. The Hall–Kier alpha value is -2.04. The van der Waals surface area contributed by atoms with Crippen LogP contribution in [0.4, 0.5) is 5.69 Å². The number of carbonyl (C=O) groups is 1. The van der Waals surface area contributed by atoms with E-state index in [2.05, 4.69) is 0 Å². The topological polar surface area (TPSA) is 32.8 Å². The predicted octanol–water partition coefficient (Wildman–Crippen LogP) is 3.44. The Balaban J connectivity index is 2.01. The van der Waals surface area contributed by atoms with Crippen molar-refractivity contribution in [2.75, 3.05) is 32.6 Å². The van der Waals surface area contributed by atoms with Crippen molar-refractivity contribution in [1.29, 1.82) is 0 Å². The molecule has 0 spiro atoms. The van der Waals surface area contributed by atoms with Gasteiger partial charge in [-0.25, -0.2) is 0 Å². The highest BCUT2D eigenvalue weighted by atomic mass is 35.5. The molecular weight excluding hydrogens is 312 g/mol. The molecular formula is C18H21ClN2O2. The largest absolute Gasteiger partial charge is 0.496 e. The fraction of sp³-hybridized carbons (Fsp3) is 0.278. The van der Waals surface area contributed by atoms with Crippen LogP contribution in [0.15, 0.2) is 48.5 Å². The fourth-order valence-electron chi connectivity index (χ4n) is 2.35. The van der Waals surface area contributed by atoms with E-state index in [1.807, 2.05) is 54.4 Å². The second-order valence-corrected chi connectivity index (χ2v) is 5.85. The third kappa shape index (κ3) is 4.71. The van der Waals surface area contributed by atoms with Gasteiger partial charge in [0.25, 0.3) is 0 Å². The Morgan fingerprint density at radius 2 is 1.83 bits per heavy atom. The van der Waals surface area contributed by atoms with Crippen molar-refractivity contribution in [1.82, 2.24) is 4.90 Å². The number of methoxy groups -OCH3 is 1. The molecule has 2 aromatic rings. The monoisotopic (exact) mass is 332 g/mol. The maximum atomic E-state index is 12.4. The van der Waals surface area contributed by atoms with Crippen LogP contribution in [-0.4, -0.2) is 38.6 Å². The number of halogens is 1. The lowest BCUT2D eigenvalue weighted by Crippen LogP contribution is -2.36. The number of benzene rings is 2. The van der Waals surface area contributed by atoms with Crippen molar-refractivity contribution in [3.05, 3.63) is 59.1 Å². The van der Waals surface area contributed by atoms with Crippen LogP contribution in [0.25, 0.3) is 0 Å². The summed E-state index contributed by atoms with van der Waals surface area (Å²) in [5.74, 6) is 0.796. The summed E-state index contributed by atoms with van der Waals surface area (Å²) in [6, 6.07) is 15.1. The zero-order chi connectivity index (χ0) is 16.8. The van der Waals surface area contributed by atoms with Gasteiger partial charge in [0.15, 0.2) is 0 Å². The van der Waals surface area contributed by atoms with Gasteiger partial charge in [-0.1, -0.05) is 29.8 Å². The maximum Gasteiger partial charge on any atom is 0.240 e. The minimum atomic E-state index is 0.0275. The van der Waals surface area contributed by atoms with Gasteiger partial charge in [-0.2, -0.15) is 0 Å². The van der Waals surface area contributed by atoms with E-state index in [1.54, 1.807) is 25.1 Å². The third-order valence-electron chi connectivity index (χ3n) is 3.61. The highest BCUT2D eigenvalue weighted by molar-refractivity contribution is 6.30. The lowest BCUT2D eigenvalue weighted by atomic mass is 10.2. The summed E-state index contributed by atoms with van der Waals surface area (Å²) in [7, 11) is 5.31. The molecule has 0 unspecified atom stereocenters. The Morgan fingerprint density at radius 3 is 2.48 bits per heavy atom. The van der Waals surface area contributed by atoms with Crippen LogP contribution < -0.4 is 9.64 Å². The number of hydrogen-bond donors (Lipinski definition) is 0. The molecule has 0 heterocycles. The first-order valence-electron chi connectivity index (χ1n) is 7.34. The summed E-state index contributed by atoms with van der Waals surface area (Å²) < 4.78 is 5.34. The number of ether oxygens (including phenoxy) is 1. The molecule has 2 rings (SSSR count). The molecule has 0 atom stereocenters. The quantitative estimate of drug-likeness (QED) is 0.812. The Kier molecular flexibility index (Phi) is 6.02. The van der Waals surface area contributed by atoms with E-state index in [0.717, 1.165) is 17.0 Å². The first-order chi connectivity index (χ1) is 11.0. The normalized spacial score (nSPS) is 10.7. The summed E-state index contributed by atoms with van der Waals surface area (Å²) in [4.78, 5) is 16.0. The van der Waals surface area contributed by atoms with Crippen LogP contribution in [0.3, 0.4) is 0 Å². The number of carbonyl (C=O) groups excluding carboxylic acids is 1. The van der Waals surface area contributed by atoms with Gasteiger partial charge in [-0.3, -0.25) is 9.69 Å². The summed E-state index contributed by atoms with van der Waals surface area (Å²) in [6.45, 7) is 0.888. The van der Waals surface area contributed by atoms with Crippen LogP contribution in [-0.2, 0) is 11.3 Å². The molecule has 0 saturated heterocycles. The molecule has 4 nitrogen and oxygen atoms in total. The number of rotatable bonds is 6. The molecule has 0 aliphatic heterocycles. The second-order valence-electron chi connectivity index (χ2n) is 5.42. The van der Waals surface area contributed by atoms with Crippen LogP contribution in [0.2, 0.25) is 5.02 Å². The Morgan fingerprint density at radius 1 is 1.13 bits per heavy atom. The molecule has 5 heteroatoms. The number of anilines is 1. The van der Waals surface area contributed by atoms with Crippen molar-refractivity contribution < 1.29 is 9.53 Å². The van der Waals surface area contributed by atoms with E-state index in [9.17, 15) is 4.79 Å². The molecule has 0 N–H and O–H groups in total. The van der Waals surface area contributed by atoms with Gasteiger partial charge in [0.1, 0.15) is 5.75 Å². The van der Waals surface area contributed by atoms with Crippen molar-refractivity contribution in [3.63, 3.8) is 0 Å². The zero-order valence-corrected chi connectivity index (χ0v) is 14.4. The number of para-hydroxylation sites is 1. The molecule has 0 saturated carbocycles. The SMILES string of the molecule is COc1ccc(Cl)cc1CN(C)CC(=O)N(C)c1ccccc1. The van der Waals surface area contributed by atoms with Crippen LogP contribution in [0.1, 0.15) is 5.56 Å². The minimum Gasteiger partial charge on any atom is -0.496 e. The smallest absolute Gasteiger partial charge is 0.240 e. The molecule has 0 radical (unpaired) electrons. The molecule has 0 bridgehead atoms. The number of hydrogen-bond acceptors (Lipinski definition) is 3. The summed E-state index contributed by atoms with van der Waals surface area (Å²) in [5.41, 5.74) is 1.84. The van der Waals surface area contributed by atoms with Gasteiger partial charge in [-0.05, 0) is 37.4 Å². The summed E-state index contributed by atoms with van der Waals surface area (Å²) in [5, 5.41) is 0.655. The van der Waals surface area contributed by atoms with E-state index in [1.165, 1.54) is 0 Å². The highest BCUT2D eigenvalue weighted by Crippen LogP contribution is 2.23. The number of nitrogens with zero attached hydrogens (tertiary/aromatic N) is 2.